The highest BCUT2D eigenvalue weighted by atomic mass is 32.1. The van der Waals surface area contributed by atoms with Crippen LogP contribution in [-0.4, -0.2) is 55.9 Å². The van der Waals surface area contributed by atoms with E-state index >= 15 is 0 Å². The fraction of sp³-hybridized carbons (Fsp3) is 0.611. The average Bonchev–Trinajstić information content (AvgIpc) is 3.16. The lowest BCUT2D eigenvalue weighted by Crippen LogP contribution is -2.53. The third-order valence-electron chi connectivity index (χ3n) is 4.68. The second-order valence-electron chi connectivity index (χ2n) is 6.92. The van der Waals surface area contributed by atoms with Crippen molar-refractivity contribution in [2.75, 3.05) is 13.1 Å². The third-order valence-corrected chi connectivity index (χ3v) is 5.50. The zero-order valence-corrected chi connectivity index (χ0v) is 16.4. The minimum atomic E-state index is -0.585. The van der Waals surface area contributed by atoms with E-state index in [0.717, 1.165) is 48.9 Å². The number of nitrogens with zero attached hydrogens (tertiary/aromatic N) is 4. The van der Waals surface area contributed by atoms with E-state index in [1.54, 1.807) is 22.2 Å². The zero-order valence-electron chi connectivity index (χ0n) is 15.6. The highest BCUT2D eigenvalue weighted by Gasteiger charge is 2.30. The van der Waals surface area contributed by atoms with Gasteiger partial charge in [-0.15, -0.1) is 11.3 Å². The molecular weight excluding hydrogens is 350 g/mol. The first kappa shape index (κ1) is 19.0. The smallest absolute Gasteiger partial charge is 0.255 e. The van der Waals surface area contributed by atoms with Crippen LogP contribution in [0.25, 0.3) is 0 Å². The Morgan fingerprint density at radius 2 is 2.27 bits per heavy atom. The van der Waals surface area contributed by atoms with Crippen molar-refractivity contribution in [2.45, 2.75) is 58.8 Å². The first-order valence-corrected chi connectivity index (χ1v) is 10.0. The number of likely N-dealkylation sites (tertiary alicyclic amines) is 1. The van der Waals surface area contributed by atoms with Crippen LogP contribution in [0.1, 0.15) is 46.5 Å². The van der Waals surface area contributed by atoms with E-state index in [0.29, 0.717) is 12.1 Å². The molecule has 0 bridgehead atoms. The molecule has 1 fully saturated rings. The van der Waals surface area contributed by atoms with E-state index in [1.807, 2.05) is 13.8 Å². The van der Waals surface area contributed by atoms with Crippen molar-refractivity contribution >= 4 is 17.2 Å². The number of hydrogen-bond donors (Lipinski definition) is 2. The van der Waals surface area contributed by atoms with Crippen LogP contribution in [0.2, 0.25) is 0 Å². The molecule has 0 unspecified atom stereocenters. The van der Waals surface area contributed by atoms with Gasteiger partial charge in [0.05, 0.1) is 34.1 Å². The Morgan fingerprint density at radius 3 is 2.92 bits per heavy atom. The number of hydrogen-bond acceptors (Lipinski definition) is 6. The predicted molar refractivity (Wildman–Crippen MR) is 101 cm³/mol. The van der Waals surface area contributed by atoms with E-state index in [9.17, 15) is 9.90 Å². The quantitative estimate of drug-likeness (QED) is 0.801. The van der Waals surface area contributed by atoms with E-state index < -0.39 is 6.10 Å². The van der Waals surface area contributed by atoms with Gasteiger partial charge < -0.3 is 10.4 Å². The summed E-state index contributed by atoms with van der Waals surface area (Å²) in [4.78, 5) is 19.2. The molecule has 3 heterocycles. The fourth-order valence-corrected chi connectivity index (χ4v) is 3.95. The van der Waals surface area contributed by atoms with Gasteiger partial charge in [0.1, 0.15) is 0 Å². The van der Waals surface area contributed by atoms with Gasteiger partial charge in [-0.2, -0.15) is 5.10 Å². The van der Waals surface area contributed by atoms with Crippen LogP contribution in [0.15, 0.2) is 11.6 Å². The lowest BCUT2D eigenvalue weighted by molar-refractivity contribution is 0.0345. The summed E-state index contributed by atoms with van der Waals surface area (Å²) in [5.41, 5.74) is 2.36. The van der Waals surface area contributed by atoms with Crippen LogP contribution in [-0.2, 0) is 13.1 Å². The van der Waals surface area contributed by atoms with Gasteiger partial charge in [-0.05, 0) is 26.7 Å². The molecule has 0 spiro atoms. The molecule has 1 aliphatic heterocycles. The number of aliphatic hydroxyl groups is 1. The topological polar surface area (TPSA) is 83.3 Å². The highest BCUT2D eigenvalue weighted by molar-refractivity contribution is 7.09. The summed E-state index contributed by atoms with van der Waals surface area (Å²) in [6.45, 7) is 8.82. The number of carbonyl (C=O) groups excluding carboxylic acids is 1. The predicted octanol–water partition coefficient (Wildman–Crippen LogP) is 1.73. The largest absolute Gasteiger partial charge is 0.390 e. The standard InChI is InChI=1S/C18H27N5O2S/c1-4-6-23-9-15(12(2)21-23)18(25)20-16-5-7-22(10-17(16)24)8-14-11-26-13(3)19-14/h9,11,16-17,24H,4-8,10H2,1-3H3,(H,20,25)/t16-,17-/m1/s1. The molecule has 0 saturated carbocycles. The molecule has 0 aromatic carbocycles. The molecule has 142 valence electrons. The number of piperidine rings is 1. The first-order chi connectivity index (χ1) is 12.5. The normalized spacial score (nSPS) is 21.1. The fourth-order valence-electron chi connectivity index (χ4n) is 3.35. The van der Waals surface area contributed by atoms with Crippen LogP contribution in [0.3, 0.4) is 0 Å². The monoisotopic (exact) mass is 377 g/mol. The molecule has 0 radical (unpaired) electrons. The summed E-state index contributed by atoms with van der Waals surface area (Å²) < 4.78 is 1.80. The summed E-state index contributed by atoms with van der Waals surface area (Å²) >= 11 is 1.64. The lowest BCUT2D eigenvalue weighted by Gasteiger charge is -2.35. The zero-order chi connectivity index (χ0) is 18.7. The SMILES string of the molecule is CCCn1cc(C(=O)N[C@@H]2CCN(Cc3csc(C)n3)C[C@H]2O)c(C)n1. The highest BCUT2D eigenvalue weighted by Crippen LogP contribution is 2.17. The Kier molecular flexibility index (Phi) is 6.05. The summed E-state index contributed by atoms with van der Waals surface area (Å²) in [5, 5.41) is 21.0. The number of rotatable bonds is 6. The van der Waals surface area contributed by atoms with Gasteiger partial charge in [0.15, 0.2) is 0 Å². The molecule has 8 heteroatoms. The number of nitrogens with one attached hydrogen (secondary N) is 1. The number of aromatic nitrogens is 3. The Balaban J connectivity index is 1.55. The molecule has 1 saturated heterocycles. The van der Waals surface area contributed by atoms with Gasteiger partial charge in [-0.1, -0.05) is 6.92 Å². The molecular formula is C18H27N5O2S. The Bertz CT molecular complexity index is 757. The number of aliphatic hydroxyl groups excluding tert-OH is 1. The molecule has 0 aliphatic carbocycles. The minimum absolute atomic E-state index is 0.155. The van der Waals surface area contributed by atoms with E-state index in [-0.39, 0.29) is 11.9 Å². The van der Waals surface area contributed by atoms with Gasteiger partial charge >= 0.3 is 0 Å². The maximum Gasteiger partial charge on any atom is 0.255 e. The Morgan fingerprint density at radius 1 is 1.46 bits per heavy atom. The summed E-state index contributed by atoms with van der Waals surface area (Å²) in [6.07, 6.45) is 2.90. The van der Waals surface area contributed by atoms with Crippen molar-refractivity contribution in [3.05, 3.63) is 33.5 Å². The van der Waals surface area contributed by atoms with Crippen LogP contribution in [0.5, 0.6) is 0 Å². The van der Waals surface area contributed by atoms with Crippen molar-refractivity contribution in [1.29, 1.82) is 0 Å². The maximum absolute atomic E-state index is 12.6. The number of amides is 1. The average molecular weight is 378 g/mol. The number of β-amino-alcohol motifs (C(OH)–C–C–N with tert-alkyl or cyclic N) is 1. The molecule has 26 heavy (non-hydrogen) atoms. The van der Waals surface area contributed by atoms with Crippen LogP contribution in [0.4, 0.5) is 0 Å². The van der Waals surface area contributed by atoms with Crippen molar-refractivity contribution in [3.8, 4) is 0 Å². The van der Waals surface area contributed by atoms with Crippen molar-refractivity contribution in [2.24, 2.45) is 0 Å². The second kappa shape index (κ2) is 8.28. The van der Waals surface area contributed by atoms with Crippen molar-refractivity contribution < 1.29 is 9.90 Å². The number of aryl methyl sites for hydroxylation is 3. The first-order valence-electron chi connectivity index (χ1n) is 9.12. The molecule has 1 aliphatic rings. The van der Waals surface area contributed by atoms with Gasteiger partial charge in [-0.3, -0.25) is 14.4 Å². The minimum Gasteiger partial charge on any atom is -0.390 e. The Labute approximate surface area is 158 Å². The number of thiazole rings is 1. The van der Waals surface area contributed by atoms with E-state index in [2.05, 4.69) is 32.6 Å². The van der Waals surface area contributed by atoms with Crippen LogP contribution in [0, 0.1) is 13.8 Å². The second-order valence-corrected chi connectivity index (χ2v) is 7.98. The van der Waals surface area contributed by atoms with Gasteiger partial charge in [0.2, 0.25) is 0 Å². The lowest BCUT2D eigenvalue weighted by atomic mass is 10.0. The molecule has 2 aromatic rings. The van der Waals surface area contributed by atoms with Crippen molar-refractivity contribution in [1.82, 2.24) is 25.0 Å². The van der Waals surface area contributed by atoms with Gasteiger partial charge in [-0.25, -0.2) is 4.98 Å². The third kappa shape index (κ3) is 4.49. The summed E-state index contributed by atoms with van der Waals surface area (Å²) in [7, 11) is 0. The molecule has 1 amide bonds. The molecule has 2 aromatic heterocycles. The molecule has 7 nitrogen and oxygen atoms in total. The molecule has 3 rings (SSSR count). The van der Waals surface area contributed by atoms with E-state index in [4.69, 9.17) is 0 Å². The summed E-state index contributed by atoms with van der Waals surface area (Å²) in [6, 6.07) is -0.232. The molecule has 2 atom stereocenters. The summed E-state index contributed by atoms with van der Waals surface area (Å²) in [5.74, 6) is -0.155. The molecule has 2 N–H and O–H groups in total. The number of carbonyl (C=O) groups is 1. The van der Waals surface area contributed by atoms with Gasteiger partial charge in [0.25, 0.3) is 5.91 Å². The van der Waals surface area contributed by atoms with Gasteiger partial charge in [0, 0.05) is 37.8 Å². The van der Waals surface area contributed by atoms with Crippen LogP contribution >= 0.6 is 11.3 Å². The van der Waals surface area contributed by atoms with Crippen molar-refractivity contribution in [3.63, 3.8) is 0 Å². The Hall–Kier alpha value is -1.77. The maximum atomic E-state index is 12.6. The van der Waals surface area contributed by atoms with E-state index in [1.165, 1.54) is 0 Å². The van der Waals surface area contributed by atoms with Crippen LogP contribution < -0.4 is 5.32 Å².